The molecule has 3 aliphatic rings. The number of piperidine rings is 1. The third-order valence-corrected chi connectivity index (χ3v) is 5.88. The average molecular weight is 357 g/mol. The highest BCUT2D eigenvalue weighted by Crippen LogP contribution is 2.34. The van der Waals surface area contributed by atoms with Crippen LogP contribution >= 0.6 is 11.3 Å². The molecule has 2 aromatic heterocycles. The standard InChI is InChI=1S/C18H23N5OS/c1-12(2)16-5-19-10-20-17(16)22-6-13-3-4-15(8-22)23(18(13)24)7-14-9-25-11-21-14/h5,9-13,15H,3-4,6-8H2,1-2H3/t13-,15+/m0/s1. The van der Waals surface area contributed by atoms with E-state index in [1.807, 2.05) is 22.0 Å². The van der Waals surface area contributed by atoms with Crippen LogP contribution in [0.1, 0.15) is 43.9 Å². The highest BCUT2D eigenvalue weighted by molar-refractivity contribution is 7.07. The van der Waals surface area contributed by atoms with E-state index in [0.29, 0.717) is 12.5 Å². The lowest BCUT2D eigenvalue weighted by atomic mass is 9.94. The summed E-state index contributed by atoms with van der Waals surface area (Å²) in [5.41, 5.74) is 3.97. The van der Waals surface area contributed by atoms with Crippen molar-refractivity contribution < 1.29 is 4.79 Å². The zero-order chi connectivity index (χ0) is 17.4. The summed E-state index contributed by atoms with van der Waals surface area (Å²) >= 11 is 1.58. The summed E-state index contributed by atoms with van der Waals surface area (Å²) in [6.45, 7) is 6.53. The third-order valence-electron chi connectivity index (χ3n) is 5.25. The van der Waals surface area contributed by atoms with E-state index in [1.54, 1.807) is 17.7 Å². The van der Waals surface area contributed by atoms with Crippen LogP contribution in [0.2, 0.25) is 0 Å². The van der Waals surface area contributed by atoms with Crippen LogP contribution in [0, 0.1) is 5.92 Å². The van der Waals surface area contributed by atoms with Crippen molar-refractivity contribution in [2.45, 2.75) is 45.2 Å². The van der Waals surface area contributed by atoms with E-state index in [0.717, 1.165) is 43.0 Å². The molecule has 6 nitrogen and oxygen atoms in total. The molecule has 2 atom stereocenters. The van der Waals surface area contributed by atoms with Crippen molar-refractivity contribution in [3.63, 3.8) is 0 Å². The second-order valence-corrected chi connectivity index (χ2v) is 7.95. The minimum absolute atomic E-state index is 0.0485. The van der Waals surface area contributed by atoms with Crippen molar-refractivity contribution >= 4 is 23.1 Å². The molecule has 3 saturated heterocycles. The fraction of sp³-hybridized carbons (Fsp3) is 0.556. The first-order chi connectivity index (χ1) is 12.1. The Labute approximate surface area is 151 Å². The smallest absolute Gasteiger partial charge is 0.228 e. The van der Waals surface area contributed by atoms with Gasteiger partial charge in [0.15, 0.2) is 0 Å². The topological polar surface area (TPSA) is 62.2 Å². The van der Waals surface area contributed by atoms with Crippen molar-refractivity contribution in [2.24, 2.45) is 5.92 Å². The molecule has 7 heteroatoms. The molecule has 2 bridgehead atoms. The van der Waals surface area contributed by atoms with Crippen LogP contribution in [0.25, 0.3) is 0 Å². The lowest BCUT2D eigenvalue weighted by Crippen LogP contribution is -2.47. The van der Waals surface area contributed by atoms with E-state index in [2.05, 4.69) is 33.7 Å². The number of thiazole rings is 1. The van der Waals surface area contributed by atoms with Gasteiger partial charge in [-0.2, -0.15) is 0 Å². The minimum atomic E-state index is 0.0485. The number of hydrogen-bond donors (Lipinski definition) is 0. The van der Waals surface area contributed by atoms with Gasteiger partial charge in [-0.1, -0.05) is 13.8 Å². The van der Waals surface area contributed by atoms with Crippen molar-refractivity contribution in [1.29, 1.82) is 0 Å². The van der Waals surface area contributed by atoms with E-state index < -0.39 is 0 Å². The SMILES string of the molecule is CC(C)c1cncnc1N1C[C@@H]2CC[C@H](C1)N(Cc1cscn1)C2=O. The molecule has 2 aromatic rings. The summed E-state index contributed by atoms with van der Waals surface area (Å²) in [5, 5.41) is 2.03. The molecule has 5 rings (SSSR count). The van der Waals surface area contributed by atoms with Gasteiger partial charge in [0.05, 0.1) is 23.7 Å². The van der Waals surface area contributed by atoms with E-state index in [1.165, 1.54) is 0 Å². The average Bonchev–Trinajstić information content (AvgIpc) is 2.98. The summed E-state index contributed by atoms with van der Waals surface area (Å²) < 4.78 is 0. The van der Waals surface area contributed by atoms with Crippen LogP contribution in [0.5, 0.6) is 0 Å². The van der Waals surface area contributed by atoms with Crippen molar-refractivity contribution in [2.75, 3.05) is 18.0 Å². The first-order valence-corrected chi connectivity index (χ1v) is 9.80. The molecule has 0 spiro atoms. The summed E-state index contributed by atoms with van der Waals surface area (Å²) in [5.74, 6) is 1.67. The molecular formula is C18H23N5OS. The van der Waals surface area contributed by atoms with E-state index >= 15 is 0 Å². The first-order valence-electron chi connectivity index (χ1n) is 8.86. The predicted molar refractivity (Wildman–Crippen MR) is 97.5 cm³/mol. The minimum Gasteiger partial charge on any atom is -0.353 e. The monoisotopic (exact) mass is 357 g/mol. The second kappa shape index (κ2) is 6.71. The maximum absolute atomic E-state index is 13.0. The Morgan fingerprint density at radius 1 is 1.28 bits per heavy atom. The maximum Gasteiger partial charge on any atom is 0.228 e. The number of hydrogen-bond acceptors (Lipinski definition) is 6. The Kier molecular flexibility index (Phi) is 4.41. The van der Waals surface area contributed by atoms with E-state index in [4.69, 9.17) is 0 Å². The molecule has 5 heterocycles. The van der Waals surface area contributed by atoms with Gasteiger partial charge in [-0.25, -0.2) is 15.0 Å². The molecule has 0 aromatic carbocycles. The Balaban J connectivity index is 1.62. The third kappa shape index (κ3) is 3.13. The van der Waals surface area contributed by atoms with Gasteiger partial charge >= 0.3 is 0 Å². The van der Waals surface area contributed by atoms with Gasteiger partial charge in [-0.15, -0.1) is 11.3 Å². The van der Waals surface area contributed by atoms with Crippen LogP contribution in [-0.2, 0) is 11.3 Å². The van der Waals surface area contributed by atoms with Gasteiger partial charge < -0.3 is 9.80 Å². The molecular weight excluding hydrogens is 334 g/mol. The summed E-state index contributed by atoms with van der Waals surface area (Å²) in [6.07, 6.45) is 5.55. The Morgan fingerprint density at radius 3 is 2.92 bits per heavy atom. The molecule has 3 fully saturated rings. The molecule has 1 amide bonds. The largest absolute Gasteiger partial charge is 0.353 e. The van der Waals surface area contributed by atoms with E-state index in [-0.39, 0.29) is 17.9 Å². The lowest BCUT2D eigenvalue weighted by molar-refractivity contribution is -0.140. The van der Waals surface area contributed by atoms with Gasteiger partial charge in [-0.3, -0.25) is 4.79 Å². The van der Waals surface area contributed by atoms with Crippen LogP contribution in [0.4, 0.5) is 5.82 Å². The van der Waals surface area contributed by atoms with Crippen molar-refractivity contribution in [3.8, 4) is 0 Å². The highest BCUT2D eigenvalue weighted by atomic mass is 32.1. The van der Waals surface area contributed by atoms with E-state index in [9.17, 15) is 4.79 Å². The number of amides is 1. The fourth-order valence-corrected chi connectivity index (χ4v) is 4.47. The Morgan fingerprint density at radius 2 is 2.16 bits per heavy atom. The quantitative estimate of drug-likeness (QED) is 0.842. The normalized spacial score (nSPS) is 23.4. The van der Waals surface area contributed by atoms with Crippen LogP contribution in [0.15, 0.2) is 23.4 Å². The Bertz CT molecular complexity index is 748. The number of rotatable bonds is 4. The highest BCUT2D eigenvalue weighted by Gasteiger charge is 2.41. The molecule has 3 aliphatic heterocycles. The summed E-state index contributed by atoms with van der Waals surface area (Å²) in [6, 6.07) is 0.225. The second-order valence-electron chi connectivity index (χ2n) is 7.24. The number of carbonyl (C=O) groups is 1. The molecule has 0 saturated carbocycles. The number of fused-ring (bicyclic) bond motifs is 4. The number of aromatic nitrogens is 3. The predicted octanol–water partition coefficient (Wildman–Crippen LogP) is 2.68. The van der Waals surface area contributed by atoms with Gasteiger partial charge in [-0.05, 0) is 18.8 Å². The summed E-state index contributed by atoms with van der Waals surface area (Å²) in [7, 11) is 0. The maximum atomic E-state index is 13.0. The van der Waals surface area contributed by atoms with Crippen molar-refractivity contribution in [3.05, 3.63) is 34.7 Å². The van der Waals surface area contributed by atoms with Crippen molar-refractivity contribution in [1.82, 2.24) is 19.9 Å². The number of carbonyl (C=O) groups excluding carboxylic acids is 1. The first kappa shape index (κ1) is 16.4. The molecule has 0 radical (unpaired) electrons. The molecule has 0 N–H and O–H groups in total. The summed E-state index contributed by atoms with van der Waals surface area (Å²) in [4.78, 5) is 30.4. The Hall–Kier alpha value is -2.02. The fourth-order valence-electron chi connectivity index (χ4n) is 3.92. The van der Waals surface area contributed by atoms with Gasteiger partial charge in [0.1, 0.15) is 12.1 Å². The zero-order valence-electron chi connectivity index (χ0n) is 14.6. The van der Waals surface area contributed by atoms with Crippen LogP contribution in [0.3, 0.4) is 0 Å². The number of anilines is 1. The molecule has 0 unspecified atom stereocenters. The zero-order valence-corrected chi connectivity index (χ0v) is 15.4. The van der Waals surface area contributed by atoms with Crippen LogP contribution < -0.4 is 4.90 Å². The van der Waals surface area contributed by atoms with Gasteiger partial charge in [0.25, 0.3) is 0 Å². The molecule has 25 heavy (non-hydrogen) atoms. The molecule has 0 aliphatic carbocycles. The number of nitrogens with zero attached hydrogens (tertiary/aromatic N) is 5. The lowest BCUT2D eigenvalue weighted by Gasteiger charge is -2.35. The van der Waals surface area contributed by atoms with Gasteiger partial charge in [0, 0.05) is 36.3 Å². The molecule has 132 valence electrons. The van der Waals surface area contributed by atoms with Gasteiger partial charge in [0.2, 0.25) is 5.91 Å². The van der Waals surface area contributed by atoms with Crippen LogP contribution in [-0.4, -0.2) is 44.9 Å².